The highest BCUT2D eigenvalue weighted by Crippen LogP contribution is 2.32. The Labute approximate surface area is 186 Å². The number of phenols is 1. The van der Waals surface area contributed by atoms with Gasteiger partial charge in [0, 0.05) is 17.5 Å². The van der Waals surface area contributed by atoms with Gasteiger partial charge in [0.2, 0.25) is 5.91 Å². The van der Waals surface area contributed by atoms with Gasteiger partial charge in [0.1, 0.15) is 5.75 Å². The minimum Gasteiger partial charge on any atom is -0.506 e. The molecule has 1 aliphatic heterocycles. The molecule has 0 aromatic heterocycles. The quantitative estimate of drug-likeness (QED) is 0.426. The summed E-state index contributed by atoms with van der Waals surface area (Å²) in [6.07, 6.45) is 3.18. The average molecular weight is 530 g/mol. The van der Waals surface area contributed by atoms with Crippen LogP contribution in [0.5, 0.6) is 5.75 Å². The molecule has 0 aliphatic carbocycles. The summed E-state index contributed by atoms with van der Waals surface area (Å²) in [7, 11) is 0. The standard InChI is InChI=1S/C20H20Br2ClN3O2/c21-17-9-14(10-18(22)19(17)27)11-24-25-20(28)15-5-7-26(8-6-15)12-13-1-3-16(23)4-2-13/h1-4,9-11,15,27H,5-8,12H2,(H,25,28). The minimum atomic E-state index is -0.0562. The molecule has 0 radical (unpaired) electrons. The van der Waals surface area contributed by atoms with Gasteiger partial charge in [0.05, 0.1) is 15.2 Å². The first-order chi connectivity index (χ1) is 13.4. The van der Waals surface area contributed by atoms with Crippen LogP contribution >= 0.6 is 43.5 Å². The van der Waals surface area contributed by atoms with Gasteiger partial charge in [-0.25, -0.2) is 5.43 Å². The molecule has 3 rings (SSSR count). The van der Waals surface area contributed by atoms with Crippen LogP contribution in [-0.2, 0) is 11.3 Å². The summed E-state index contributed by atoms with van der Waals surface area (Å²) < 4.78 is 1.12. The maximum Gasteiger partial charge on any atom is 0.243 e. The van der Waals surface area contributed by atoms with E-state index in [2.05, 4.69) is 47.3 Å². The highest BCUT2D eigenvalue weighted by molar-refractivity contribution is 9.11. The lowest BCUT2D eigenvalue weighted by Crippen LogP contribution is -2.39. The molecule has 1 aliphatic rings. The monoisotopic (exact) mass is 527 g/mol. The highest BCUT2D eigenvalue weighted by atomic mass is 79.9. The molecule has 1 amide bonds. The van der Waals surface area contributed by atoms with Gasteiger partial charge in [0.15, 0.2) is 0 Å². The molecular formula is C20H20Br2ClN3O2. The van der Waals surface area contributed by atoms with Gasteiger partial charge >= 0.3 is 0 Å². The van der Waals surface area contributed by atoms with E-state index >= 15 is 0 Å². The third-order valence-electron chi connectivity index (χ3n) is 4.71. The van der Waals surface area contributed by atoms with Crippen molar-refractivity contribution < 1.29 is 9.90 Å². The van der Waals surface area contributed by atoms with E-state index < -0.39 is 0 Å². The molecular weight excluding hydrogens is 510 g/mol. The van der Waals surface area contributed by atoms with Crippen LogP contribution in [0.3, 0.4) is 0 Å². The van der Waals surface area contributed by atoms with Crippen molar-refractivity contribution in [3.63, 3.8) is 0 Å². The third-order valence-corrected chi connectivity index (χ3v) is 6.17. The molecule has 0 saturated carbocycles. The van der Waals surface area contributed by atoms with Crippen molar-refractivity contribution in [1.29, 1.82) is 0 Å². The van der Waals surface area contributed by atoms with E-state index in [4.69, 9.17) is 11.6 Å². The Morgan fingerprint density at radius 2 is 1.82 bits per heavy atom. The zero-order valence-corrected chi connectivity index (χ0v) is 19.0. The molecule has 28 heavy (non-hydrogen) atoms. The first-order valence-electron chi connectivity index (χ1n) is 8.90. The van der Waals surface area contributed by atoms with Crippen molar-refractivity contribution in [3.8, 4) is 5.75 Å². The van der Waals surface area contributed by atoms with E-state index in [1.165, 1.54) is 5.56 Å². The van der Waals surface area contributed by atoms with Crippen LogP contribution in [0.1, 0.15) is 24.0 Å². The number of halogens is 3. The maximum atomic E-state index is 12.4. The van der Waals surface area contributed by atoms with E-state index in [1.807, 2.05) is 24.3 Å². The number of phenolic OH excluding ortho intramolecular Hbond substituents is 1. The Bertz CT molecular complexity index is 843. The minimum absolute atomic E-state index is 0.0306. The summed E-state index contributed by atoms with van der Waals surface area (Å²) in [5.41, 5.74) is 4.61. The SMILES string of the molecule is O=C(NN=Cc1cc(Br)c(O)c(Br)c1)C1CCN(Cc2ccc(Cl)cc2)CC1. The van der Waals surface area contributed by atoms with Gasteiger partial charge in [-0.2, -0.15) is 5.10 Å². The topological polar surface area (TPSA) is 64.9 Å². The lowest BCUT2D eigenvalue weighted by molar-refractivity contribution is -0.126. The number of hydrazone groups is 1. The average Bonchev–Trinajstić information content (AvgIpc) is 2.68. The first kappa shape index (κ1) is 21.3. The predicted molar refractivity (Wildman–Crippen MR) is 119 cm³/mol. The number of hydrogen-bond acceptors (Lipinski definition) is 4. The number of hydrogen-bond donors (Lipinski definition) is 2. The van der Waals surface area contributed by atoms with Crippen molar-refractivity contribution >= 4 is 55.6 Å². The predicted octanol–water partition coefficient (Wildman–Crippen LogP) is 4.93. The Morgan fingerprint density at radius 1 is 1.21 bits per heavy atom. The van der Waals surface area contributed by atoms with Crippen LogP contribution in [0.15, 0.2) is 50.4 Å². The molecule has 0 spiro atoms. The van der Waals surface area contributed by atoms with E-state index in [9.17, 15) is 9.90 Å². The smallest absolute Gasteiger partial charge is 0.243 e. The highest BCUT2D eigenvalue weighted by Gasteiger charge is 2.24. The number of aromatic hydroxyl groups is 1. The Hall–Kier alpha value is -1.41. The Kier molecular flexibility index (Phi) is 7.51. The molecule has 2 aromatic rings. The van der Waals surface area contributed by atoms with E-state index in [0.29, 0.717) is 8.95 Å². The lowest BCUT2D eigenvalue weighted by Gasteiger charge is -2.30. The van der Waals surface area contributed by atoms with E-state index in [-0.39, 0.29) is 17.6 Å². The second-order valence-corrected chi connectivity index (χ2v) is 8.89. The zero-order valence-electron chi connectivity index (χ0n) is 15.0. The largest absolute Gasteiger partial charge is 0.506 e. The summed E-state index contributed by atoms with van der Waals surface area (Å²) in [6.45, 7) is 2.62. The fourth-order valence-electron chi connectivity index (χ4n) is 3.12. The molecule has 1 fully saturated rings. The number of nitrogens with zero attached hydrogens (tertiary/aromatic N) is 2. The molecule has 8 heteroatoms. The molecule has 0 bridgehead atoms. The fourth-order valence-corrected chi connectivity index (χ4v) is 4.47. The van der Waals surface area contributed by atoms with Crippen LogP contribution in [0.25, 0.3) is 0 Å². The van der Waals surface area contributed by atoms with Crippen LogP contribution in [0.2, 0.25) is 5.02 Å². The van der Waals surface area contributed by atoms with Gasteiger partial charge < -0.3 is 5.11 Å². The van der Waals surface area contributed by atoms with Gasteiger partial charge in [-0.1, -0.05) is 23.7 Å². The maximum absolute atomic E-state index is 12.4. The Balaban J connectivity index is 1.46. The number of benzene rings is 2. The van der Waals surface area contributed by atoms with Crippen molar-refractivity contribution in [1.82, 2.24) is 10.3 Å². The number of rotatable bonds is 5. The Morgan fingerprint density at radius 3 is 2.43 bits per heavy atom. The number of amides is 1. The van der Waals surface area contributed by atoms with Gasteiger partial charge in [-0.05, 0) is 93.2 Å². The van der Waals surface area contributed by atoms with Crippen molar-refractivity contribution in [2.75, 3.05) is 13.1 Å². The number of nitrogens with one attached hydrogen (secondary N) is 1. The second kappa shape index (κ2) is 9.87. The molecule has 2 aromatic carbocycles. The summed E-state index contributed by atoms with van der Waals surface area (Å²) in [5, 5.41) is 14.5. The molecule has 0 atom stereocenters. The van der Waals surface area contributed by atoms with Crippen molar-refractivity contribution in [3.05, 3.63) is 61.5 Å². The lowest BCUT2D eigenvalue weighted by atomic mass is 9.96. The van der Waals surface area contributed by atoms with E-state index in [1.54, 1.807) is 18.3 Å². The second-order valence-electron chi connectivity index (χ2n) is 6.74. The summed E-state index contributed by atoms with van der Waals surface area (Å²) in [6, 6.07) is 11.3. The summed E-state index contributed by atoms with van der Waals surface area (Å²) >= 11 is 12.5. The van der Waals surface area contributed by atoms with Crippen molar-refractivity contribution in [2.24, 2.45) is 11.0 Å². The number of likely N-dealkylation sites (tertiary alicyclic amines) is 1. The van der Waals surface area contributed by atoms with Crippen LogP contribution < -0.4 is 5.43 Å². The van der Waals surface area contributed by atoms with E-state index in [0.717, 1.165) is 43.1 Å². The third kappa shape index (κ3) is 5.80. The molecule has 148 valence electrons. The van der Waals surface area contributed by atoms with Crippen LogP contribution in [0.4, 0.5) is 0 Å². The van der Waals surface area contributed by atoms with Crippen molar-refractivity contribution in [2.45, 2.75) is 19.4 Å². The normalized spacial score (nSPS) is 15.8. The summed E-state index contributed by atoms with van der Waals surface area (Å²) in [5.74, 6) is 0.0442. The first-order valence-corrected chi connectivity index (χ1v) is 10.9. The number of carbonyl (C=O) groups excluding carboxylic acids is 1. The summed E-state index contributed by atoms with van der Waals surface area (Å²) in [4.78, 5) is 14.7. The number of piperidine rings is 1. The molecule has 1 saturated heterocycles. The van der Waals surface area contributed by atoms with Gasteiger partial charge in [-0.15, -0.1) is 0 Å². The van der Waals surface area contributed by atoms with Crippen LogP contribution in [-0.4, -0.2) is 35.2 Å². The molecule has 2 N–H and O–H groups in total. The zero-order chi connectivity index (χ0) is 20.1. The van der Waals surface area contributed by atoms with Gasteiger partial charge in [0.25, 0.3) is 0 Å². The molecule has 1 heterocycles. The fraction of sp³-hybridized carbons (Fsp3) is 0.300. The number of carbonyl (C=O) groups is 1. The molecule has 5 nitrogen and oxygen atoms in total. The van der Waals surface area contributed by atoms with Crippen LogP contribution in [0, 0.1) is 5.92 Å². The van der Waals surface area contributed by atoms with Gasteiger partial charge in [-0.3, -0.25) is 9.69 Å². The molecule has 0 unspecified atom stereocenters.